The highest BCUT2D eigenvalue weighted by atomic mass is 79.9. The quantitative estimate of drug-likeness (QED) is 0.389. The van der Waals surface area contributed by atoms with Crippen molar-refractivity contribution in [3.05, 3.63) is 70.3 Å². The zero-order valence-corrected chi connectivity index (χ0v) is 16.0. The molecule has 0 unspecified atom stereocenters. The van der Waals surface area contributed by atoms with Crippen LogP contribution in [0, 0.1) is 11.3 Å². The molecule has 0 radical (unpaired) electrons. The summed E-state index contributed by atoms with van der Waals surface area (Å²) < 4.78 is 6.38. The molecule has 26 heavy (non-hydrogen) atoms. The Morgan fingerprint density at radius 2 is 2.04 bits per heavy atom. The summed E-state index contributed by atoms with van der Waals surface area (Å²) in [6.07, 6.45) is 2.23. The number of carbonyl (C=O) groups excluding carboxylic acids is 1. The van der Waals surface area contributed by atoms with Crippen LogP contribution in [0.5, 0.6) is 5.75 Å². The fourth-order valence-electron chi connectivity index (χ4n) is 2.23. The summed E-state index contributed by atoms with van der Waals surface area (Å²) in [4.78, 5) is 12.2. The molecule has 0 aliphatic carbocycles. The fraction of sp³-hybridized carbons (Fsp3) is 0.200. The average Bonchev–Trinajstić information content (AvgIpc) is 2.63. The van der Waals surface area contributed by atoms with E-state index in [9.17, 15) is 10.1 Å². The maximum Gasteiger partial charge on any atom is 0.267 e. The molecule has 0 heterocycles. The van der Waals surface area contributed by atoms with E-state index in [1.165, 1.54) is 6.20 Å². The number of hydrogen-bond donors (Lipinski definition) is 2. The van der Waals surface area contributed by atoms with Gasteiger partial charge in [-0.1, -0.05) is 28.1 Å². The minimum atomic E-state index is -0.452. The molecule has 5 nitrogen and oxygen atoms in total. The van der Waals surface area contributed by atoms with Gasteiger partial charge in [0.2, 0.25) is 0 Å². The Morgan fingerprint density at radius 3 is 2.69 bits per heavy atom. The molecular weight excluding hydrogens is 394 g/mol. The average molecular weight is 414 g/mol. The van der Waals surface area contributed by atoms with Crippen LogP contribution in [0.15, 0.2) is 64.8 Å². The normalized spacial score (nSPS) is 10.7. The van der Waals surface area contributed by atoms with Crippen molar-refractivity contribution in [2.24, 2.45) is 0 Å². The van der Waals surface area contributed by atoms with Crippen molar-refractivity contribution in [1.29, 1.82) is 5.26 Å². The first-order valence-corrected chi connectivity index (χ1v) is 9.04. The number of rotatable bonds is 8. The Labute approximate surface area is 161 Å². The number of anilines is 1. The van der Waals surface area contributed by atoms with Crippen molar-refractivity contribution in [3.63, 3.8) is 0 Å². The first kappa shape index (κ1) is 19.5. The van der Waals surface area contributed by atoms with E-state index in [1.54, 1.807) is 24.3 Å². The SMILES string of the molecule is CCOc1ccc(NC(=O)/C(C#N)=C\NCCc2cccc(Br)c2)cc1. The predicted octanol–water partition coefficient (Wildman–Crippen LogP) is 4.03. The third kappa shape index (κ3) is 6.26. The highest BCUT2D eigenvalue weighted by Gasteiger charge is 2.09. The Kier molecular flexibility index (Phi) is 7.72. The van der Waals surface area contributed by atoms with Gasteiger partial charge in [0, 0.05) is 22.9 Å². The number of halogens is 1. The van der Waals surface area contributed by atoms with Crippen LogP contribution in [0.1, 0.15) is 12.5 Å². The van der Waals surface area contributed by atoms with Gasteiger partial charge in [0.05, 0.1) is 6.61 Å². The van der Waals surface area contributed by atoms with Gasteiger partial charge in [-0.3, -0.25) is 4.79 Å². The third-order valence-corrected chi connectivity index (χ3v) is 3.97. The first-order valence-electron chi connectivity index (χ1n) is 8.24. The van der Waals surface area contributed by atoms with Crippen LogP contribution >= 0.6 is 15.9 Å². The van der Waals surface area contributed by atoms with Gasteiger partial charge in [-0.2, -0.15) is 5.26 Å². The van der Waals surface area contributed by atoms with Crippen LogP contribution in [0.25, 0.3) is 0 Å². The Bertz CT molecular complexity index is 811. The molecule has 0 aliphatic rings. The first-order chi connectivity index (χ1) is 12.6. The molecule has 0 spiro atoms. The van der Waals surface area contributed by atoms with Crippen molar-refractivity contribution < 1.29 is 9.53 Å². The Morgan fingerprint density at radius 1 is 1.27 bits per heavy atom. The van der Waals surface area contributed by atoms with Crippen LogP contribution in [-0.2, 0) is 11.2 Å². The van der Waals surface area contributed by atoms with Gasteiger partial charge < -0.3 is 15.4 Å². The van der Waals surface area contributed by atoms with Crippen LogP contribution in [0.3, 0.4) is 0 Å². The minimum Gasteiger partial charge on any atom is -0.494 e. The lowest BCUT2D eigenvalue weighted by Gasteiger charge is -2.07. The van der Waals surface area contributed by atoms with Gasteiger partial charge in [-0.15, -0.1) is 0 Å². The summed E-state index contributed by atoms with van der Waals surface area (Å²) in [5.74, 6) is 0.280. The number of ether oxygens (including phenoxy) is 1. The molecule has 134 valence electrons. The van der Waals surface area contributed by atoms with E-state index in [1.807, 2.05) is 37.3 Å². The van der Waals surface area contributed by atoms with E-state index in [0.29, 0.717) is 18.8 Å². The van der Waals surface area contributed by atoms with Crippen LogP contribution < -0.4 is 15.4 Å². The number of hydrogen-bond acceptors (Lipinski definition) is 4. The number of amides is 1. The lowest BCUT2D eigenvalue weighted by atomic mass is 10.1. The second-order valence-corrected chi connectivity index (χ2v) is 6.33. The molecule has 0 aliphatic heterocycles. The van der Waals surface area contributed by atoms with Crippen molar-refractivity contribution in [3.8, 4) is 11.8 Å². The molecule has 1 amide bonds. The summed E-state index contributed by atoms with van der Waals surface area (Å²) in [5, 5.41) is 14.9. The van der Waals surface area contributed by atoms with E-state index in [2.05, 4.69) is 26.6 Å². The smallest absolute Gasteiger partial charge is 0.267 e. The molecule has 6 heteroatoms. The van der Waals surface area contributed by atoms with Crippen molar-refractivity contribution in [2.45, 2.75) is 13.3 Å². The van der Waals surface area contributed by atoms with Crippen LogP contribution in [0.4, 0.5) is 5.69 Å². The third-order valence-electron chi connectivity index (χ3n) is 3.48. The van der Waals surface area contributed by atoms with Crippen LogP contribution in [0.2, 0.25) is 0 Å². The zero-order valence-electron chi connectivity index (χ0n) is 14.5. The second-order valence-electron chi connectivity index (χ2n) is 5.42. The van der Waals surface area contributed by atoms with Gasteiger partial charge in [0.25, 0.3) is 5.91 Å². The molecule has 2 rings (SSSR count). The highest BCUT2D eigenvalue weighted by Crippen LogP contribution is 2.16. The molecule has 0 atom stereocenters. The van der Waals surface area contributed by atoms with Crippen molar-refractivity contribution in [2.75, 3.05) is 18.5 Å². The van der Waals surface area contributed by atoms with Gasteiger partial charge >= 0.3 is 0 Å². The summed E-state index contributed by atoms with van der Waals surface area (Å²) in [7, 11) is 0. The maximum absolute atomic E-state index is 12.2. The molecule has 0 aromatic heterocycles. The van der Waals surface area contributed by atoms with Crippen molar-refractivity contribution in [1.82, 2.24) is 5.32 Å². The summed E-state index contributed by atoms with van der Waals surface area (Å²) >= 11 is 3.43. The van der Waals surface area contributed by atoms with Gasteiger partial charge in [-0.05, 0) is 55.3 Å². The summed E-state index contributed by atoms with van der Waals surface area (Å²) in [6, 6.07) is 16.9. The summed E-state index contributed by atoms with van der Waals surface area (Å²) in [6.45, 7) is 3.11. The number of benzene rings is 2. The lowest BCUT2D eigenvalue weighted by Crippen LogP contribution is -2.18. The van der Waals surface area contributed by atoms with E-state index in [0.717, 1.165) is 22.2 Å². The fourth-order valence-corrected chi connectivity index (χ4v) is 2.68. The molecule has 0 saturated heterocycles. The van der Waals surface area contributed by atoms with Gasteiger partial charge in [-0.25, -0.2) is 0 Å². The Balaban J connectivity index is 1.87. The maximum atomic E-state index is 12.2. The van der Waals surface area contributed by atoms with Gasteiger partial charge in [0.1, 0.15) is 17.4 Å². The van der Waals surface area contributed by atoms with Crippen LogP contribution in [-0.4, -0.2) is 19.1 Å². The molecule has 0 bridgehead atoms. The minimum absolute atomic E-state index is 0.0214. The zero-order chi connectivity index (χ0) is 18.8. The van der Waals surface area contributed by atoms with E-state index < -0.39 is 5.91 Å². The molecule has 0 saturated carbocycles. The number of nitrogens with one attached hydrogen (secondary N) is 2. The molecule has 2 N–H and O–H groups in total. The topological polar surface area (TPSA) is 74.1 Å². The number of carbonyl (C=O) groups is 1. The van der Waals surface area contributed by atoms with Crippen molar-refractivity contribution >= 4 is 27.5 Å². The second kappa shape index (κ2) is 10.3. The van der Waals surface area contributed by atoms with E-state index >= 15 is 0 Å². The highest BCUT2D eigenvalue weighted by molar-refractivity contribution is 9.10. The molecule has 0 fully saturated rings. The Hall–Kier alpha value is -2.78. The number of nitriles is 1. The standard InChI is InChI=1S/C20H20BrN3O2/c1-2-26-19-8-6-18(7-9-19)24-20(25)16(13-22)14-23-11-10-15-4-3-5-17(21)12-15/h3-9,12,14,23H,2,10-11H2,1H3,(H,24,25)/b16-14-. The predicted molar refractivity (Wildman–Crippen MR) is 106 cm³/mol. The monoisotopic (exact) mass is 413 g/mol. The van der Waals surface area contributed by atoms with Gasteiger partial charge in [0.15, 0.2) is 0 Å². The van der Waals surface area contributed by atoms with E-state index in [-0.39, 0.29) is 5.57 Å². The largest absolute Gasteiger partial charge is 0.494 e. The molecule has 2 aromatic carbocycles. The molecule has 2 aromatic rings. The lowest BCUT2D eigenvalue weighted by molar-refractivity contribution is -0.112. The number of nitrogens with zero attached hydrogens (tertiary/aromatic N) is 1. The molecular formula is C20H20BrN3O2. The summed E-state index contributed by atoms with van der Waals surface area (Å²) in [5.41, 5.74) is 1.79. The van der Waals surface area contributed by atoms with E-state index in [4.69, 9.17) is 4.74 Å².